The van der Waals surface area contributed by atoms with Gasteiger partial charge >= 0.3 is 0 Å². The molecule has 0 heterocycles. The third-order valence-electron chi connectivity index (χ3n) is 3.06. The highest BCUT2D eigenvalue weighted by Crippen LogP contribution is 2.17. The fraction of sp³-hybridized carbons (Fsp3) is 0.188. The Hall–Kier alpha value is -2.53. The lowest BCUT2D eigenvalue weighted by Gasteiger charge is -2.13. The summed E-state index contributed by atoms with van der Waals surface area (Å²) in [5.74, 6) is 0.381. The molecule has 0 bridgehead atoms. The summed E-state index contributed by atoms with van der Waals surface area (Å²) >= 11 is 0. The van der Waals surface area contributed by atoms with Crippen molar-refractivity contribution in [2.45, 2.75) is 6.10 Å². The van der Waals surface area contributed by atoms with Crippen LogP contribution in [0.1, 0.15) is 22.0 Å². The molecule has 3 N–H and O–H groups in total. The van der Waals surface area contributed by atoms with Gasteiger partial charge in [-0.05, 0) is 35.9 Å². The first-order valence-electron chi connectivity index (χ1n) is 6.49. The molecule has 110 valence electrons. The highest BCUT2D eigenvalue weighted by atomic mass is 16.5. The van der Waals surface area contributed by atoms with Crippen LogP contribution in [0.15, 0.2) is 48.5 Å². The zero-order valence-electron chi connectivity index (χ0n) is 11.6. The van der Waals surface area contributed by atoms with Gasteiger partial charge in [-0.3, -0.25) is 4.79 Å². The number of rotatable bonds is 5. The van der Waals surface area contributed by atoms with E-state index < -0.39 is 6.10 Å². The van der Waals surface area contributed by atoms with Gasteiger partial charge in [0.15, 0.2) is 0 Å². The molecule has 0 saturated carbocycles. The molecule has 1 atom stereocenters. The number of phenolic OH excluding ortho intramolecular Hbond substituents is 1. The highest BCUT2D eigenvalue weighted by molar-refractivity contribution is 5.94. The number of methoxy groups -OCH3 is 1. The summed E-state index contributed by atoms with van der Waals surface area (Å²) in [4.78, 5) is 11.9. The van der Waals surface area contributed by atoms with E-state index in [4.69, 9.17) is 4.74 Å². The lowest BCUT2D eigenvalue weighted by atomic mass is 10.1. The van der Waals surface area contributed by atoms with Gasteiger partial charge in [-0.25, -0.2) is 0 Å². The standard InChI is InChI=1S/C16H17NO4/c1-21-14-7-5-11(6-8-14)15(19)10-17-16(20)12-3-2-4-13(18)9-12/h2-9,15,18-19H,10H2,1H3,(H,17,20). The third-order valence-corrected chi connectivity index (χ3v) is 3.06. The SMILES string of the molecule is COc1ccc(C(O)CNC(=O)c2cccc(O)c2)cc1. The number of aromatic hydroxyl groups is 1. The predicted octanol–water partition coefficient (Wildman–Crippen LogP) is 1.86. The summed E-state index contributed by atoms with van der Waals surface area (Å²) in [7, 11) is 1.57. The first kappa shape index (κ1) is 14.9. The minimum Gasteiger partial charge on any atom is -0.508 e. The molecule has 0 aliphatic carbocycles. The number of carbonyl (C=O) groups is 1. The topological polar surface area (TPSA) is 78.8 Å². The van der Waals surface area contributed by atoms with Crippen molar-refractivity contribution in [1.29, 1.82) is 0 Å². The van der Waals surface area contributed by atoms with Gasteiger partial charge in [-0.15, -0.1) is 0 Å². The first-order valence-corrected chi connectivity index (χ1v) is 6.49. The molecule has 0 spiro atoms. The molecule has 1 unspecified atom stereocenters. The average molecular weight is 287 g/mol. The van der Waals surface area contributed by atoms with Crippen LogP contribution in [0.2, 0.25) is 0 Å². The van der Waals surface area contributed by atoms with E-state index in [1.54, 1.807) is 43.5 Å². The van der Waals surface area contributed by atoms with Crippen LogP contribution in [0.3, 0.4) is 0 Å². The van der Waals surface area contributed by atoms with Crippen molar-refractivity contribution in [3.8, 4) is 11.5 Å². The van der Waals surface area contributed by atoms with Gasteiger partial charge in [0.05, 0.1) is 13.2 Å². The number of carbonyl (C=O) groups excluding carboxylic acids is 1. The van der Waals surface area contributed by atoms with Crippen LogP contribution in [0.4, 0.5) is 0 Å². The average Bonchev–Trinajstić information content (AvgIpc) is 2.52. The molecule has 0 radical (unpaired) electrons. The van der Waals surface area contributed by atoms with Gasteiger partial charge in [0, 0.05) is 12.1 Å². The summed E-state index contributed by atoms with van der Waals surface area (Å²) in [6.45, 7) is 0.0841. The van der Waals surface area contributed by atoms with E-state index in [0.29, 0.717) is 16.9 Å². The van der Waals surface area contributed by atoms with E-state index >= 15 is 0 Å². The predicted molar refractivity (Wildman–Crippen MR) is 78.4 cm³/mol. The number of hydrogen-bond acceptors (Lipinski definition) is 4. The second-order valence-electron chi connectivity index (χ2n) is 4.55. The second-order valence-corrected chi connectivity index (χ2v) is 4.55. The van der Waals surface area contributed by atoms with E-state index in [9.17, 15) is 15.0 Å². The molecular formula is C16H17NO4. The van der Waals surface area contributed by atoms with Crippen molar-refractivity contribution in [2.24, 2.45) is 0 Å². The summed E-state index contributed by atoms with van der Waals surface area (Å²) in [5.41, 5.74) is 1.03. The summed E-state index contributed by atoms with van der Waals surface area (Å²) in [5, 5.41) is 22.0. The van der Waals surface area contributed by atoms with Gasteiger partial charge in [0.2, 0.25) is 0 Å². The van der Waals surface area contributed by atoms with Crippen LogP contribution in [-0.2, 0) is 0 Å². The third kappa shape index (κ3) is 3.97. The van der Waals surface area contributed by atoms with Crippen molar-refractivity contribution < 1.29 is 19.7 Å². The zero-order valence-corrected chi connectivity index (χ0v) is 11.6. The number of phenols is 1. The number of amides is 1. The van der Waals surface area contributed by atoms with Crippen molar-refractivity contribution >= 4 is 5.91 Å². The van der Waals surface area contributed by atoms with Gasteiger partial charge in [-0.2, -0.15) is 0 Å². The smallest absolute Gasteiger partial charge is 0.251 e. The lowest BCUT2D eigenvalue weighted by molar-refractivity contribution is 0.0916. The van der Waals surface area contributed by atoms with E-state index in [2.05, 4.69) is 5.32 Å². The maximum atomic E-state index is 11.9. The van der Waals surface area contributed by atoms with Crippen LogP contribution in [-0.4, -0.2) is 29.8 Å². The van der Waals surface area contributed by atoms with Crippen molar-refractivity contribution in [3.63, 3.8) is 0 Å². The quantitative estimate of drug-likeness (QED) is 0.784. The Morgan fingerprint density at radius 3 is 2.57 bits per heavy atom. The molecule has 21 heavy (non-hydrogen) atoms. The molecule has 0 aliphatic heterocycles. The Kier molecular flexibility index (Phi) is 4.79. The number of aliphatic hydroxyl groups is 1. The fourth-order valence-corrected chi connectivity index (χ4v) is 1.88. The Bertz CT molecular complexity index is 610. The number of nitrogens with one attached hydrogen (secondary N) is 1. The van der Waals surface area contributed by atoms with Gasteiger partial charge in [0.25, 0.3) is 5.91 Å². The maximum absolute atomic E-state index is 11.9. The molecule has 2 aromatic carbocycles. The Morgan fingerprint density at radius 2 is 1.95 bits per heavy atom. The molecule has 0 saturated heterocycles. The highest BCUT2D eigenvalue weighted by Gasteiger charge is 2.11. The van der Waals surface area contributed by atoms with Crippen molar-refractivity contribution in [3.05, 3.63) is 59.7 Å². The van der Waals surface area contributed by atoms with Gasteiger partial charge in [-0.1, -0.05) is 18.2 Å². The van der Waals surface area contributed by atoms with Crippen molar-refractivity contribution in [1.82, 2.24) is 5.32 Å². The van der Waals surface area contributed by atoms with Crippen LogP contribution in [0.5, 0.6) is 11.5 Å². The minimum atomic E-state index is -0.808. The lowest BCUT2D eigenvalue weighted by Crippen LogP contribution is -2.28. The number of ether oxygens (including phenoxy) is 1. The summed E-state index contributed by atoms with van der Waals surface area (Å²) in [6, 6.07) is 13.0. The maximum Gasteiger partial charge on any atom is 0.251 e. The molecule has 5 nitrogen and oxygen atoms in total. The number of benzene rings is 2. The van der Waals surface area contributed by atoms with Crippen molar-refractivity contribution in [2.75, 3.05) is 13.7 Å². The van der Waals surface area contributed by atoms with Crippen LogP contribution < -0.4 is 10.1 Å². The van der Waals surface area contributed by atoms with Crippen LogP contribution >= 0.6 is 0 Å². The van der Waals surface area contributed by atoms with Gasteiger partial charge in [0.1, 0.15) is 11.5 Å². The number of aliphatic hydroxyl groups excluding tert-OH is 1. The zero-order chi connectivity index (χ0) is 15.2. The van der Waals surface area contributed by atoms with Gasteiger partial charge < -0.3 is 20.3 Å². The molecule has 2 aromatic rings. The van der Waals surface area contributed by atoms with E-state index in [1.165, 1.54) is 12.1 Å². The van der Waals surface area contributed by atoms with E-state index in [-0.39, 0.29) is 18.2 Å². The molecule has 0 aromatic heterocycles. The fourth-order valence-electron chi connectivity index (χ4n) is 1.88. The largest absolute Gasteiger partial charge is 0.508 e. The van der Waals surface area contributed by atoms with Crippen LogP contribution in [0.25, 0.3) is 0 Å². The Balaban J connectivity index is 1.93. The molecule has 0 fully saturated rings. The molecular weight excluding hydrogens is 270 g/mol. The monoisotopic (exact) mass is 287 g/mol. The van der Waals surface area contributed by atoms with E-state index in [0.717, 1.165) is 0 Å². The number of hydrogen-bond donors (Lipinski definition) is 3. The Morgan fingerprint density at radius 1 is 1.24 bits per heavy atom. The molecule has 2 rings (SSSR count). The molecule has 0 aliphatic rings. The summed E-state index contributed by atoms with van der Waals surface area (Å²) < 4.78 is 5.04. The second kappa shape index (κ2) is 6.76. The van der Waals surface area contributed by atoms with E-state index in [1.807, 2.05) is 0 Å². The van der Waals surface area contributed by atoms with Crippen LogP contribution in [0, 0.1) is 0 Å². The first-order chi connectivity index (χ1) is 10.1. The molecule has 1 amide bonds. The molecule has 5 heteroatoms. The summed E-state index contributed by atoms with van der Waals surface area (Å²) in [6.07, 6.45) is -0.808. The normalized spacial score (nSPS) is 11.7. The minimum absolute atomic E-state index is 0.0263. The Labute approximate surface area is 122 Å².